The lowest BCUT2D eigenvalue weighted by molar-refractivity contribution is -0.140. The number of benzene rings is 1. The minimum Gasteiger partial charge on any atom is -0.508 e. The van der Waals surface area contributed by atoms with Crippen LogP contribution in [0.1, 0.15) is 37.8 Å². The molecule has 1 aliphatic heterocycles. The third-order valence-electron chi connectivity index (χ3n) is 4.14. The van der Waals surface area contributed by atoms with E-state index < -0.39 is 0 Å². The van der Waals surface area contributed by atoms with Gasteiger partial charge in [-0.2, -0.15) is 0 Å². The summed E-state index contributed by atoms with van der Waals surface area (Å²) in [4.78, 5) is 13.5. The van der Waals surface area contributed by atoms with E-state index in [1.807, 2.05) is 18.2 Å². The number of phenolic OH excluding ortho intramolecular Hbond substituents is 1. The average molecular weight is 306 g/mol. The Bertz CT molecular complexity index is 504. The topological polar surface area (TPSA) is 61.8 Å². The van der Waals surface area contributed by atoms with E-state index in [0.29, 0.717) is 12.3 Å². The predicted octanol–water partition coefficient (Wildman–Crippen LogP) is 2.07. The maximum Gasteiger partial charge on any atom is 0.251 e. The Hall–Kier alpha value is -1.59. The molecule has 1 aromatic carbocycles. The van der Waals surface area contributed by atoms with Gasteiger partial charge in [0.25, 0.3) is 5.91 Å². The minimum atomic E-state index is -0.313. The van der Waals surface area contributed by atoms with Crippen molar-refractivity contribution in [3.8, 4) is 5.75 Å². The van der Waals surface area contributed by atoms with Gasteiger partial charge >= 0.3 is 0 Å². The molecule has 1 fully saturated rings. The first-order valence-electron chi connectivity index (χ1n) is 7.90. The Morgan fingerprint density at radius 3 is 2.77 bits per heavy atom. The quantitative estimate of drug-likeness (QED) is 0.844. The molecule has 122 valence electrons. The van der Waals surface area contributed by atoms with Crippen molar-refractivity contribution in [2.24, 2.45) is 0 Å². The molecule has 1 aromatic rings. The first-order valence-corrected chi connectivity index (χ1v) is 7.90. The van der Waals surface area contributed by atoms with Gasteiger partial charge in [0.1, 0.15) is 11.9 Å². The van der Waals surface area contributed by atoms with Crippen molar-refractivity contribution >= 4 is 5.91 Å². The number of nitrogens with one attached hydrogen (secondary N) is 1. The first-order chi connectivity index (χ1) is 10.5. The fourth-order valence-corrected chi connectivity index (χ4v) is 2.86. The van der Waals surface area contributed by atoms with Crippen molar-refractivity contribution in [2.45, 2.75) is 44.4 Å². The largest absolute Gasteiger partial charge is 0.508 e. The lowest BCUT2D eigenvalue weighted by Gasteiger charge is -2.21. The Morgan fingerprint density at radius 1 is 1.41 bits per heavy atom. The van der Waals surface area contributed by atoms with Crippen molar-refractivity contribution in [3.05, 3.63) is 29.8 Å². The molecule has 22 heavy (non-hydrogen) atoms. The number of rotatable bonds is 6. The Kier molecular flexibility index (Phi) is 5.80. The second kappa shape index (κ2) is 7.61. The van der Waals surface area contributed by atoms with Crippen LogP contribution in [0.3, 0.4) is 0 Å². The second-order valence-corrected chi connectivity index (χ2v) is 5.98. The summed E-state index contributed by atoms with van der Waals surface area (Å²) in [6.45, 7) is 2.77. The molecule has 0 unspecified atom stereocenters. The highest BCUT2D eigenvalue weighted by Gasteiger charge is 2.31. The van der Waals surface area contributed by atoms with Crippen molar-refractivity contribution in [2.75, 3.05) is 20.6 Å². The third kappa shape index (κ3) is 3.99. The smallest absolute Gasteiger partial charge is 0.251 e. The lowest BCUT2D eigenvalue weighted by Crippen LogP contribution is -2.35. The highest BCUT2D eigenvalue weighted by molar-refractivity contribution is 5.80. The number of likely N-dealkylation sites (N-methyl/N-ethyl adjacent to an activating group) is 1. The Balaban J connectivity index is 1.87. The van der Waals surface area contributed by atoms with Crippen LogP contribution in [0.25, 0.3) is 0 Å². The molecule has 2 N–H and O–H groups in total. The van der Waals surface area contributed by atoms with Gasteiger partial charge in [0, 0.05) is 32.2 Å². The summed E-state index contributed by atoms with van der Waals surface area (Å²) in [5.74, 6) is 0.352. The van der Waals surface area contributed by atoms with E-state index in [-0.39, 0.29) is 24.2 Å². The third-order valence-corrected chi connectivity index (χ3v) is 4.14. The fourth-order valence-electron chi connectivity index (χ4n) is 2.86. The SMILES string of the molecule is CC[C@H](NC[C@@H]1CC[C@@H](C(=O)N(C)C)O1)c1ccccc1O. The van der Waals surface area contributed by atoms with Gasteiger partial charge < -0.3 is 20.1 Å². The predicted molar refractivity (Wildman–Crippen MR) is 85.7 cm³/mol. The zero-order valence-corrected chi connectivity index (χ0v) is 13.6. The molecule has 0 saturated carbocycles. The standard InChI is InChI=1S/C17H26N2O3/c1-4-14(13-7-5-6-8-15(13)20)18-11-12-9-10-16(22-12)17(21)19(2)3/h5-8,12,14,16,18,20H,4,9-11H2,1-3H3/t12-,14-,16-/m0/s1. The van der Waals surface area contributed by atoms with Crippen molar-refractivity contribution in [1.29, 1.82) is 0 Å². The van der Waals surface area contributed by atoms with Crippen LogP contribution in [0.5, 0.6) is 5.75 Å². The van der Waals surface area contributed by atoms with Crippen LogP contribution in [-0.2, 0) is 9.53 Å². The number of amides is 1. The molecule has 3 atom stereocenters. The van der Waals surface area contributed by atoms with Gasteiger partial charge in [-0.1, -0.05) is 25.1 Å². The summed E-state index contributed by atoms with van der Waals surface area (Å²) in [6.07, 6.45) is 2.27. The van der Waals surface area contributed by atoms with E-state index in [2.05, 4.69) is 12.2 Å². The van der Waals surface area contributed by atoms with Crippen molar-refractivity contribution in [3.63, 3.8) is 0 Å². The van der Waals surface area contributed by atoms with Gasteiger partial charge in [0.05, 0.1) is 6.10 Å². The number of nitrogens with zero attached hydrogens (tertiary/aromatic N) is 1. The number of hydrogen-bond donors (Lipinski definition) is 2. The first kappa shape index (κ1) is 16.8. The van der Waals surface area contributed by atoms with Gasteiger partial charge in [0.15, 0.2) is 0 Å². The molecule has 1 saturated heterocycles. The molecule has 0 radical (unpaired) electrons. The summed E-state index contributed by atoms with van der Waals surface area (Å²) < 4.78 is 5.83. The molecular weight excluding hydrogens is 280 g/mol. The molecule has 0 aliphatic carbocycles. The van der Waals surface area contributed by atoms with E-state index in [1.165, 1.54) is 0 Å². The summed E-state index contributed by atoms with van der Waals surface area (Å²) in [6, 6.07) is 7.48. The maximum atomic E-state index is 11.9. The number of carbonyl (C=O) groups is 1. The summed E-state index contributed by atoms with van der Waals surface area (Å²) in [5, 5.41) is 13.4. The monoisotopic (exact) mass is 306 g/mol. The Morgan fingerprint density at radius 2 is 2.14 bits per heavy atom. The van der Waals surface area contributed by atoms with E-state index >= 15 is 0 Å². The normalized spacial score (nSPS) is 22.5. The van der Waals surface area contributed by atoms with E-state index in [0.717, 1.165) is 24.8 Å². The lowest BCUT2D eigenvalue weighted by atomic mass is 10.0. The van der Waals surface area contributed by atoms with Gasteiger partial charge in [-0.25, -0.2) is 0 Å². The van der Waals surface area contributed by atoms with E-state index in [9.17, 15) is 9.90 Å². The number of para-hydroxylation sites is 1. The molecule has 0 aromatic heterocycles. The summed E-state index contributed by atoms with van der Waals surface area (Å²) in [5.41, 5.74) is 0.906. The minimum absolute atomic E-state index is 0.0373. The van der Waals surface area contributed by atoms with Crippen LogP contribution in [0, 0.1) is 0 Å². The zero-order chi connectivity index (χ0) is 16.1. The number of phenols is 1. The van der Waals surface area contributed by atoms with E-state index in [4.69, 9.17) is 4.74 Å². The van der Waals surface area contributed by atoms with Crippen LogP contribution in [0.2, 0.25) is 0 Å². The van der Waals surface area contributed by atoms with Crippen molar-refractivity contribution < 1.29 is 14.6 Å². The molecule has 5 nitrogen and oxygen atoms in total. The Labute approximate surface area is 132 Å². The maximum absolute atomic E-state index is 11.9. The number of ether oxygens (including phenoxy) is 1. The molecule has 1 aliphatic rings. The summed E-state index contributed by atoms with van der Waals surface area (Å²) in [7, 11) is 3.51. The summed E-state index contributed by atoms with van der Waals surface area (Å²) >= 11 is 0. The van der Waals surface area contributed by atoms with Crippen LogP contribution in [0.15, 0.2) is 24.3 Å². The van der Waals surface area contributed by atoms with Crippen LogP contribution in [-0.4, -0.2) is 48.8 Å². The van der Waals surface area contributed by atoms with Gasteiger partial charge in [-0.15, -0.1) is 0 Å². The molecule has 5 heteroatoms. The fraction of sp³-hybridized carbons (Fsp3) is 0.588. The molecule has 1 amide bonds. The molecule has 0 bridgehead atoms. The van der Waals surface area contributed by atoms with Gasteiger partial charge in [-0.3, -0.25) is 4.79 Å². The van der Waals surface area contributed by atoms with Gasteiger partial charge in [-0.05, 0) is 25.3 Å². The van der Waals surface area contributed by atoms with Crippen LogP contribution in [0.4, 0.5) is 0 Å². The van der Waals surface area contributed by atoms with Crippen LogP contribution >= 0.6 is 0 Å². The highest BCUT2D eigenvalue weighted by Crippen LogP contribution is 2.27. The molecule has 0 spiro atoms. The number of carbonyl (C=O) groups excluding carboxylic acids is 1. The molecular formula is C17H26N2O3. The number of hydrogen-bond acceptors (Lipinski definition) is 4. The number of aromatic hydroxyl groups is 1. The second-order valence-electron chi connectivity index (χ2n) is 5.98. The molecule has 2 rings (SSSR count). The van der Waals surface area contributed by atoms with E-state index in [1.54, 1.807) is 25.1 Å². The van der Waals surface area contributed by atoms with Gasteiger partial charge in [0.2, 0.25) is 0 Å². The van der Waals surface area contributed by atoms with Crippen molar-refractivity contribution in [1.82, 2.24) is 10.2 Å². The molecule has 1 heterocycles. The average Bonchev–Trinajstić information content (AvgIpc) is 2.97. The highest BCUT2D eigenvalue weighted by atomic mass is 16.5. The zero-order valence-electron chi connectivity index (χ0n) is 13.6. The van der Waals surface area contributed by atoms with Crippen LogP contribution < -0.4 is 5.32 Å².